The van der Waals surface area contributed by atoms with E-state index in [0.717, 1.165) is 43.9 Å². The smallest absolute Gasteiger partial charge is 0.0711 e. The number of aliphatic hydroxyl groups excluding tert-OH is 1. The molecule has 1 aliphatic heterocycles. The molecule has 26 heavy (non-hydrogen) atoms. The van der Waals surface area contributed by atoms with Gasteiger partial charge >= 0.3 is 0 Å². The summed E-state index contributed by atoms with van der Waals surface area (Å²) in [4.78, 5) is 2.38. The van der Waals surface area contributed by atoms with Crippen molar-refractivity contribution >= 4 is 5.57 Å². The van der Waals surface area contributed by atoms with E-state index in [1.807, 2.05) is 6.92 Å². The molecule has 1 saturated heterocycles. The quantitative estimate of drug-likeness (QED) is 0.798. The highest BCUT2D eigenvalue weighted by Gasteiger charge is 2.32. The predicted octanol–water partition coefficient (Wildman–Crippen LogP) is 3.68. The van der Waals surface area contributed by atoms with Crippen LogP contribution in [0, 0.1) is 18.8 Å². The number of aliphatic hydroxyl groups is 1. The normalized spacial score (nSPS) is 21.7. The number of β-amino-alcohol motifs (C(OH)–C–C–N with tert-alkyl or cyclic N) is 1. The summed E-state index contributed by atoms with van der Waals surface area (Å²) in [6.45, 7) is 9.06. The van der Waals surface area contributed by atoms with Crippen LogP contribution in [0.2, 0.25) is 0 Å². The zero-order chi connectivity index (χ0) is 18.5. The molecule has 0 aliphatic carbocycles. The SMILES string of the molecule is Cc1cc(C[C@@H]2CN(C/C(=C\CC(C)C)c3ccccc3)C[C@@H]2O)n[nH]1. The number of hydrogen-bond acceptors (Lipinski definition) is 3. The van der Waals surface area contributed by atoms with Crippen molar-refractivity contribution in [3.63, 3.8) is 0 Å². The summed E-state index contributed by atoms with van der Waals surface area (Å²) < 4.78 is 0. The molecule has 2 aromatic rings. The van der Waals surface area contributed by atoms with E-state index in [2.05, 4.69) is 71.4 Å². The zero-order valence-corrected chi connectivity index (χ0v) is 16.2. The van der Waals surface area contributed by atoms with E-state index >= 15 is 0 Å². The molecular formula is C22H31N3O. The van der Waals surface area contributed by atoms with Gasteiger partial charge < -0.3 is 5.11 Å². The predicted molar refractivity (Wildman–Crippen MR) is 107 cm³/mol. The van der Waals surface area contributed by atoms with E-state index in [1.165, 1.54) is 11.1 Å². The van der Waals surface area contributed by atoms with Crippen molar-refractivity contribution in [2.45, 2.75) is 39.7 Å². The first kappa shape index (κ1) is 18.9. The fourth-order valence-electron chi connectivity index (χ4n) is 3.66. The lowest BCUT2D eigenvalue weighted by molar-refractivity contribution is 0.142. The summed E-state index contributed by atoms with van der Waals surface area (Å²) in [6, 6.07) is 12.7. The van der Waals surface area contributed by atoms with Gasteiger partial charge in [-0.25, -0.2) is 0 Å². The average Bonchev–Trinajstić information content (AvgIpc) is 3.18. The van der Waals surface area contributed by atoms with E-state index in [0.29, 0.717) is 5.92 Å². The Morgan fingerprint density at radius 1 is 1.31 bits per heavy atom. The number of hydrogen-bond donors (Lipinski definition) is 2. The van der Waals surface area contributed by atoms with Crippen LogP contribution >= 0.6 is 0 Å². The Hall–Kier alpha value is -1.91. The van der Waals surface area contributed by atoms with Gasteiger partial charge in [0.1, 0.15) is 0 Å². The molecule has 0 radical (unpaired) electrons. The van der Waals surface area contributed by atoms with E-state index in [4.69, 9.17) is 0 Å². The molecule has 0 spiro atoms. The number of aryl methyl sites for hydroxylation is 1. The largest absolute Gasteiger partial charge is 0.391 e. The number of rotatable bonds is 7. The molecule has 1 fully saturated rings. The third kappa shape index (κ3) is 5.05. The van der Waals surface area contributed by atoms with Gasteiger partial charge in [-0.05, 0) is 42.9 Å². The van der Waals surface area contributed by atoms with Gasteiger partial charge in [0.05, 0.1) is 11.8 Å². The highest BCUT2D eigenvalue weighted by atomic mass is 16.3. The van der Waals surface area contributed by atoms with Gasteiger partial charge in [0.2, 0.25) is 0 Å². The van der Waals surface area contributed by atoms with Crippen LogP contribution in [0.5, 0.6) is 0 Å². The topological polar surface area (TPSA) is 52.1 Å². The number of benzene rings is 1. The Morgan fingerprint density at radius 3 is 2.73 bits per heavy atom. The molecule has 1 aliphatic rings. The molecule has 2 heterocycles. The summed E-state index contributed by atoms with van der Waals surface area (Å²) in [6.07, 6.45) is 4.00. The van der Waals surface area contributed by atoms with Gasteiger partial charge in [0, 0.05) is 31.2 Å². The maximum Gasteiger partial charge on any atom is 0.0711 e. The van der Waals surface area contributed by atoms with Crippen LogP contribution < -0.4 is 0 Å². The van der Waals surface area contributed by atoms with Crippen LogP contribution in [0.15, 0.2) is 42.5 Å². The number of aromatic nitrogens is 2. The van der Waals surface area contributed by atoms with Gasteiger partial charge in [-0.3, -0.25) is 10.00 Å². The van der Waals surface area contributed by atoms with Crippen molar-refractivity contribution in [3.05, 3.63) is 59.4 Å². The highest BCUT2D eigenvalue weighted by Crippen LogP contribution is 2.25. The van der Waals surface area contributed by atoms with Gasteiger partial charge in [0.25, 0.3) is 0 Å². The molecule has 4 heteroatoms. The fraction of sp³-hybridized carbons (Fsp3) is 0.500. The lowest BCUT2D eigenvalue weighted by Crippen LogP contribution is -2.24. The van der Waals surface area contributed by atoms with Gasteiger partial charge in [-0.1, -0.05) is 50.3 Å². The zero-order valence-electron chi connectivity index (χ0n) is 16.2. The first-order chi connectivity index (χ1) is 12.5. The number of nitrogens with zero attached hydrogens (tertiary/aromatic N) is 2. The van der Waals surface area contributed by atoms with Crippen molar-refractivity contribution in [1.29, 1.82) is 0 Å². The summed E-state index contributed by atoms with van der Waals surface area (Å²) in [7, 11) is 0. The van der Waals surface area contributed by atoms with Crippen molar-refractivity contribution in [2.75, 3.05) is 19.6 Å². The molecule has 1 aromatic carbocycles. The van der Waals surface area contributed by atoms with E-state index < -0.39 is 0 Å². The van der Waals surface area contributed by atoms with Crippen molar-refractivity contribution in [3.8, 4) is 0 Å². The Bertz CT molecular complexity index is 720. The molecule has 3 rings (SSSR count). The molecular weight excluding hydrogens is 322 g/mol. The summed E-state index contributed by atoms with van der Waals surface area (Å²) >= 11 is 0. The molecule has 1 aromatic heterocycles. The summed E-state index contributed by atoms with van der Waals surface area (Å²) in [5, 5.41) is 17.9. The maximum absolute atomic E-state index is 10.5. The minimum Gasteiger partial charge on any atom is -0.391 e. The molecule has 140 valence electrons. The molecule has 0 bridgehead atoms. The first-order valence-corrected chi connectivity index (χ1v) is 9.67. The molecule has 0 amide bonds. The van der Waals surface area contributed by atoms with Crippen molar-refractivity contribution < 1.29 is 5.11 Å². The Kier molecular flexibility index (Phi) is 6.28. The minimum atomic E-state index is -0.283. The second-order valence-corrected chi connectivity index (χ2v) is 7.99. The molecule has 0 unspecified atom stereocenters. The molecule has 0 saturated carbocycles. The molecule has 2 atom stereocenters. The number of aromatic amines is 1. The van der Waals surface area contributed by atoms with Crippen LogP contribution in [-0.4, -0.2) is 45.9 Å². The number of H-pyrrole nitrogens is 1. The first-order valence-electron chi connectivity index (χ1n) is 9.67. The number of likely N-dealkylation sites (tertiary alicyclic amines) is 1. The highest BCUT2D eigenvalue weighted by molar-refractivity contribution is 5.66. The lowest BCUT2D eigenvalue weighted by atomic mass is 10.00. The number of nitrogens with one attached hydrogen (secondary N) is 1. The van der Waals surface area contributed by atoms with Crippen LogP contribution in [0.3, 0.4) is 0 Å². The second kappa shape index (κ2) is 8.65. The van der Waals surface area contributed by atoms with Crippen LogP contribution in [-0.2, 0) is 6.42 Å². The van der Waals surface area contributed by atoms with Crippen LogP contribution in [0.1, 0.15) is 37.2 Å². The third-order valence-corrected chi connectivity index (χ3v) is 5.09. The monoisotopic (exact) mass is 353 g/mol. The number of allylic oxidation sites excluding steroid dienone is 1. The third-order valence-electron chi connectivity index (χ3n) is 5.09. The molecule has 4 nitrogen and oxygen atoms in total. The van der Waals surface area contributed by atoms with Crippen LogP contribution in [0.4, 0.5) is 0 Å². The standard InChI is InChI=1S/C22H31N3O/c1-16(2)9-10-19(18-7-5-4-6-8-18)13-25-14-20(22(26)15-25)12-21-11-17(3)23-24-21/h4-8,10-11,16,20,22,26H,9,12-15H2,1-3H3,(H,23,24)/b19-10+/t20-,22+/m1/s1. The van der Waals surface area contributed by atoms with Crippen molar-refractivity contribution in [2.24, 2.45) is 11.8 Å². The minimum absolute atomic E-state index is 0.250. The van der Waals surface area contributed by atoms with Gasteiger partial charge in [0.15, 0.2) is 0 Å². The average molecular weight is 354 g/mol. The van der Waals surface area contributed by atoms with Gasteiger partial charge in [-0.2, -0.15) is 5.10 Å². The lowest BCUT2D eigenvalue weighted by Gasteiger charge is -2.19. The summed E-state index contributed by atoms with van der Waals surface area (Å²) in [5.41, 5.74) is 4.77. The van der Waals surface area contributed by atoms with Crippen molar-refractivity contribution in [1.82, 2.24) is 15.1 Å². The van der Waals surface area contributed by atoms with E-state index in [-0.39, 0.29) is 12.0 Å². The Balaban J connectivity index is 1.66. The van der Waals surface area contributed by atoms with E-state index in [9.17, 15) is 5.11 Å². The van der Waals surface area contributed by atoms with Gasteiger partial charge in [-0.15, -0.1) is 0 Å². The second-order valence-electron chi connectivity index (χ2n) is 7.99. The molecule has 2 N–H and O–H groups in total. The van der Waals surface area contributed by atoms with Crippen LogP contribution in [0.25, 0.3) is 5.57 Å². The summed E-state index contributed by atoms with van der Waals surface area (Å²) in [5.74, 6) is 0.897. The Morgan fingerprint density at radius 2 is 2.08 bits per heavy atom. The van der Waals surface area contributed by atoms with E-state index in [1.54, 1.807) is 0 Å². The Labute approximate surface area is 156 Å². The fourth-order valence-corrected chi connectivity index (χ4v) is 3.66. The maximum atomic E-state index is 10.5.